The Labute approximate surface area is 200 Å². The lowest BCUT2D eigenvalue weighted by atomic mass is 9.79. The van der Waals surface area contributed by atoms with Gasteiger partial charge in [0.2, 0.25) is 0 Å². The lowest BCUT2D eigenvalue weighted by Gasteiger charge is -2.38. The fraction of sp³-hybridized carbons (Fsp3) is 0.310. The lowest BCUT2D eigenvalue weighted by Crippen LogP contribution is -2.53. The highest BCUT2D eigenvalue weighted by molar-refractivity contribution is 5.84. The molecule has 176 valence electrons. The third kappa shape index (κ3) is 4.36. The minimum atomic E-state index is -0.948. The van der Waals surface area contributed by atoms with Crippen LogP contribution >= 0.6 is 0 Å². The van der Waals surface area contributed by atoms with E-state index in [2.05, 4.69) is 29.6 Å². The third-order valence-electron chi connectivity index (χ3n) is 6.25. The van der Waals surface area contributed by atoms with Crippen molar-refractivity contribution in [1.82, 2.24) is 5.32 Å². The topological polar surface area (TPSA) is 75.6 Å². The molecule has 3 aromatic rings. The Balaban J connectivity index is 1.91. The number of fused-ring (bicyclic) bond motifs is 3. The average Bonchev–Trinajstić information content (AvgIpc) is 3.09. The Morgan fingerprint density at radius 1 is 0.882 bits per heavy atom. The highest BCUT2D eigenvalue weighted by Crippen LogP contribution is 2.51. The summed E-state index contributed by atoms with van der Waals surface area (Å²) in [6, 6.07) is 25.5. The summed E-state index contributed by atoms with van der Waals surface area (Å²) >= 11 is 0. The molecule has 0 heterocycles. The van der Waals surface area contributed by atoms with Gasteiger partial charge in [-0.15, -0.1) is 0 Å². The van der Waals surface area contributed by atoms with Gasteiger partial charge >= 0.3 is 11.9 Å². The van der Waals surface area contributed by atoms with Gasteiger partial charge in [0, 0.05) is 0 Å². The summed E-state index contributed by atoms with van der Waals surface area (Å²) < 4.78 is 5.75. The molecule has 0 amide bonds. The first-order chi connectivity index (χ1) is 16.1. The predicted molar refractivity (Wildman–Crippen MR) is 132 cm³/mol. The van der Waals surface area contributed by atoms with E-state index in [0.29, 0.717) is 0 Å². The second kappa shape index (κ2) is 9.07. The number of carbonyl (C=O) groups is 2. The number of carboxylic acids is 1. The molecule has 0 saturated carbocycles. The monoisotopic (exact) mass is 457 g/mol. The first-order valence-electron chi connectivity index (χ1n) is 11.6. The van der Waals surface area contributed by atoms with E-state index in [1.807, 2.05) is 75.4 Å². The van der Waals surface area contributed by atoms with E-state index < -0.39 is 35.0 Å². The summed E-state index contributed by atoms with van der Waals surface area (Å²) in [5.41, 5.74) is 3.66. The van der Waals surface area contributed by atoms with Crippen LogP contribution in [0.15, 0.2) is 78.9 Å². The molecule has 1 aliphatic rings. The van der Waals surface area contributed by atoms with Crippen molar-refractivity contribution in [3.8, 4) is 11.1 Å². The first kappa shape index (κ1) is 23.7. The highest BCUT2D eigenvalue weighted by atomic mass is 16.6. The van der Waals surface area contributed by atoms with Crippen molar-refractivity contribution in [2.45, 2.75) is 51.3 Å². The number of benzene rings is 3. The Morgan fingerprint density at radius 2 is 1.38 bits per heavy atom. The normalized spacial score (nSPS) is 15.6. The summed E-state index contributed by atoms with van der Waals surface area (Å²) in [5.74, 6) is -2.14. The van der Waals surface area contributed by atoms with Gasteiger partial charge in [-0.1, -0.05) is 85.8 Å². The summed E-state index contributed by atoms with van der Waals surface area (Å²) in [6.07, 6.45) is 0.100. The standard InChI is InChI=1S/C29H31NO4/c1-19(26(31)32)18-25(27(33)34-28(2,3)4)30-29(20-12-6-5-7-13-20)23-16-10-8-14-21(23)22-15-9-11-17-24(22)29/h5-17,19,25,30H,18H2,1-4H3,(H,31,32)/t19-,25-/m0/s1. The average molecular weight is 458 g/mol. The predicted octanol–water partition coefficient (Wildman–Crippen LogP) is 5.37. The summed E-state index contributed by atoms with van der Waals surface area (Å²) in [6.45, 7) is 7.06. The van der Waals surface area contributed by atoms with Crippen molar-refractivity contribution >= 4 is 11.9 Å². The molecule has 34 heavy (non-hydrogen) atoms. The number of nitrogens with one attached hydrogen (secondary N) is 1. The second-order valence-corrected chi connectivity index (χ2v) is 9.91. The SMILES string of the molecule is C[C@@H](C[C@H](NC1(c2ccccc2)c2ccccc2-c2ccccc21)C(=O)OC(C)(C)C)C(=O)O. The summed E-state index contributed by atoms with van der Waals surface area (Å²) in [5, 5.41) is 13.3. The van der Waals surface area contributed by atoms with Gasteiger partial charge in [0.1, 0.15) is 11.6 Å². The van der Waals surface area contributed by atoms with Crippen LogP contribution in [0.1, 0.15) is 50.8 Å². The minimum absolute atomic E-state index is 0.100. The van der Waals surface area contributed by atoms with E-state index in [1.165, 1.54) is 0 Å². The molecule has 0 saturated heterocycles. The number of hydrogen-bond acceptors (Lipinski definition) is 4. The van der Waals surface area contributed by atoms with Crippen molar-refractivity contribution in [2.24, 2.45) is 5.92 Å². The quantitative estimate of drug-likeness (QED) is 0.467. The molecular formula is C29H31NO4. The van der Waals surface area contributed by atoms with Crippen molar-refractivity contribution in [1.29, 1.82) is 0 Å². The van der Waals surface area contributed by atoms with Gasteiger partial charge in [0.25, 0.3) is 0 Å². The van der Waals surface area contributed by atoms with Crippen LogP contribution in [-0.2, 0) is 19.9 Å². The molecule has 0 bridgehead atoms. The van der Waals surface area contributed by atoms with Crippen LogP contribution in [0.25, 0.3) is 11.1 Å². The third-order valence-corrected chi connectivity index (χ3v) is 6.25. The number of hydrogen-bond donors (Lipinski definition) is 2. The fourth-order valence-corrected chi connectivity index (χ4v) is 4.78. The zero-order valence-corrected chi connectivity index (χ0v) is 20.0. The molecule has 0 unspecified atom stereocenters. The zero-order valence-electron chi connectivity index (χ0n) is 20.0. The van der Waals surface area contributed by atoms with Crippen molar-refractivity contribution in [3.63, 3.8) is 0 Å². The van der Waals surface area contributed by atoms with Gasteiger partial charge in [-0.25, -0.2) is 0 Å². The zero-order chi connectivity index (χ0) is 24.5. The molecule has 4 rings (SSSR count). The second-order valence-electron chi connectivity index (χ2n) is 9.91. The maximum atomic E-state index is 13.4. The largest absolute Gasteiger partial charge is 0.481 e. The Morgan fingerprint density at radius 3 is 1.88 bits per heavy atom. The van der Waals surface area contributed by atoms with E-state index in [0.717, 1.165) is 27.8 Å². The lowest BCUT2D eigenvalue weighted by molar-refractivity contribution is -0.158. The Hall–Kier alpha value is -3.44. The van der Waals surface area contributed by atoms with E-state index in [4.69, 9.17) is 4.74 Å². The Kier molecular flexibility index (Phi) is 6.32. The molecule has 1 aliphatic carbocycles. The van der Waals surface area contributed by atoms with Crippen LogP contribution in [0.2, 0.25) is 0 Å². The molecule has 0 fully saturated rings. The number of carbonyl (C=O) groups excluding carboxylic acids is 1. The van der Waals surface area contributed by atoms with Crippen LogP contribution in [0, 0.1) is 5.92 Å². The molecule has 2 atom stereocenters. The van der Waals surface area contributed by atoms with E-state index in [9.17, 15) is 14.7 Å². The minimum Gasteiger partial charge on any atom is -0.481 e. The Bertz CT molecular complexity index is 1150. The van der Waals surface area contributed by atoms with Crippen LogP contribution < -0.4 is 5.32 Å². The van der Waals surface area contributed by atoms with Gasteiger partial charge in [-0.05, 0) is 55.0 Å². The molecule has 5 heteroatoms. The van der Waals surface area contributed by atoms with Crippen LogP contribution in [-0.4, -0.2) is 28.7 Å². The maximum absolute atomic E-state index is 13.4. The molecule has 0 aromatic heterocycles. The fourth-order valence-electron chi connectivity index (χ4n) is 4.78. The van der Waals surface area contributed by atoms with Gasteiger partial charge in [0.05, 0.1) is 11.5 Å². The number of rotatable bonds is 7. The first-order valence-corrected chi connectivity index (χ1v) is 11.6. The summed E-state index contributed by atoms with van der Waals surface area (Å²) in [4.78, 5) is 25.2. The van der Waals surface area contributed by atoms with Gasteiger partial charge in [-0.2, -0.15) is 0 Å². The van der Waals surface area contributed by atoms with Gasteiger partial charge < -0.3 is 9.84 Å². The molecule has 2 N–H and O–H groups in total. The van der Waals surface area contributed by atoms with Gasteiger partial charge in [-0.3, -0.25) is 14.9 Å². The number of esters is 1. The molecule has 3 aromatic carbocycles. The van der Waals surface area contributed by atoms with Crippen molar-refractivity contribution < 1.29 is 19.4 Å². The van der Waals surface area contributed by atoms with Crippen molar-refractivity contribution in [3.05, 3.63) is 95.6 Å². The smallest absolute Gasteiger partial charge is 0.323 e. The molecule has 0 aliphatic heterocycles. The van der Waals surface area contributed by atoms with Crippen molar-refractivity contribution in [2.75, 3.05) is 0 Å². The number of aliphatic carboxylic acids is 1. The molecular weight excluding hydrogens is 426 g/mol. The molecule has 0 spiro atoms. The summed E-state index contributed by atoms with van der Waals surface area (Å²) in [7, 11) is 0. The van der Waals surface area contributed by atoms with E-state index in [1.54, 1.807) is 6.92 Å². The maximum Gasteiger partial charge on any atom is 0.323 e. The number of ether oxygens (including phenoxy) is 1. The highest BCUT2D eigenvalue weighted by Gasteiger charge is 2.47. The molecule has 5 nitrogen and oxygen atoms in total. The van der Waals surface area contributed by atoms with Crippen LogP contribution in [0.4, 0.5) is 0 Å². The molecule has 0 radical (unpaired) electrons. The van der Waals surface area contributed by atoms with Crippen LogP contribution in [0.3, 0.4) is 0 Å². The van der Waals surface area contributed by atoms with Crippen LogP contribution in [0.5, 0.6) is 0 Å². The van der Waals surface area contributed by atoms with E-state index >= 15 is 0 Å². The number of carboxylic acid groups (broad SMARTS) is 1. The van der Waals surface area contributed by atoms with Gasteiger partial charge in [0.15, 0.2) is 0 Å². The van der Waals surface area contributed by atoms with E-state index in [-0.39, 0.29) is 6.42 Å².